The largest absolute Gasteiger partial charge is 0.462 e. The van der Waals surface area contributed by atoms with Gasteiger partial charge in [0, 0.05) is 33.9 Å². The fourth-order valence-corrected chi connectivity index (χ4v) is 3.32. The Morgan fingerprint density at radius 3 is 2.54 bits per heavy atom. The zero-order valence-electron chi connectivity index (χ0n) is 16.5. The van der Waals surface area contributed by atoms with Gasteiger partial charge in [-0.3, -0.25) is 4.99 Å². The molecule has 3 rings (SSSR count). The van der Waals surface area contributed by atoms with E-state index in [2.05, 4.69) is 22.5 Å². The molecule has 0 radical (unpaired) electrons. The maximum absolute atomic E-state index is 11.8. The van der Waals surface area contributed by atoms with Gasteiger partial charge < -0.3 is 9.30 Å². The van der Waals surface area contributed by atoms with Crippen molar-refractivity contribution in [2.75, 3.05) is 6.61 Å². The third kappa shape index (κ3) is 4.02. The highest BCUT2D eigenvalue weighted by Crippen LogP contribution is 2.26. The minimum atomic E-state index is -0.306. The van der Waals surface area contributed by atoms with Gasteiger partial charge in [0.05, 0.1) is 17.9 Å². The number of carbonyl (C=O) groups is 1. The molecular weight excluding hydrogens is 372 g/mol. The molecule has 2 aromatic carbocycles. The summed E-state index contributed by atoms with van der Waals surface area (Å²) in [6.45, 7) is 8.23. The van der Waals surface area contributed by atoms with Crippen LogP contribution in [0.4, 0.5) is 5.69 Å². The SMILES string of the molecule is CCOC(=O)c1ccc(-n2c(C)cc(C=Nc3cccc(Cl)c3C)c2C)cc1. The lowest BCUT2D eigenvalue weighted by molar-refractivity contribution is 0.0526. The number of nitrogens with zero attached hydrogens (tertiary/aromatic N) is 2. The van der Waals surface area contributed by atoms with Crippen molar-refractivity contribution in [1.82, 2.24) is 4.57 Å². The lowest BCUT2D eigenvalue weighted by Gasteiger charge is -2.10. The number of ether oxygens (including phenoxy) is 1. The second kappa shape index (κ2) is 8.44. The van der Waals surface area contributed by atoms with Crippen LogP contribution in [0.2, 0.25) is 5.02 Å². The maximum Gasteiger partial charge on any atom is 0.338 e. The van der Waals surface area contributed by atoms with E-state index in [4.69, 9.17) is 16.3 Å². The van der Waals surface area contributed by atoms with E-state index in [-0.39, 0.29) is 5.97 Å². The summed E-state index contributed by atoms with van der Waals surface area (Å²) in [5.41, 5.74) is 6.55. The van der Waals surface area contributed by atoms with Crippen LogP contribution in [-0.4, -0.2) is 23.4 Å². The maximum atomic E-state index is 11.8. The van der Waals surface area contributed by atoms with Gasteiger partial charge in [-0.15, -0.1) is 0 Å². The van der Waals surface area contributed by atoms with Gasteiger partial charge in [-0.05, 0) is 75.7 Å². The number of aliphatic imine (C=N–C) groups is 1. The Kier molecular flexibility index (Phi) is 6.00. The van der Waals surface area contributed by atoms with Crippen molar-refractivity contribution < 1.29 is 9.53 Å². The molecule has 0 N–H and O–H groups in total. The number of halogens is 1. The molecule has 0 aliphatic carbocycles. The number of esters is 1. The summed E-state index contributed by atoms with van der Waals surface area (Å²) in [5, 5.41) is 0.710. The first-order valence-electron chi connectivity index (χ1n) is 9.18. The smallest absolute Gasteiger partial charge is 0.338 e. The molecule has 4 nitrogen and oxygen atoms in total. The number of hydrogen-bond acceptors (Lipinski definition) is 3. The Balaban J connectivity index is 1.91. The molecule has 0 unspecified atom stereocenters. The van der Waals surface area contributed by atoms with Crippen LogP contribution in [0, 0.1) is 20.8 Å². The van der Waals surface area contributed by atoms with Gasteiger partial charge in [0.1, 0.15) is 0 Å². The highest BCUT2D eigenvalue weighted by molar-refractivity contribution is 6.31. The quantitative estimate of drug-likeness (QED) is 0.394. The number of rotatable bonds is 5. The van der Waals surface area contributed by atoms with E-state index >= 15 is 0 Å². The van der Waals surface area contributed by atoms with Gasteiger partial charge in [-0.25, -0.2) is 4.79 Å². The molecule has 0 atom stereocenters. The summed E-state index contributed by atoms with van der Waals surface area (Å²) in [4.78, 5) is 16.5. The minimum Gasteiger partial charge on any atom is -0.462 e. The number of hydrogen-bond donors (Lipinski definition) is 0. The van der Waals surface area contributed by atoms with Crippen LogP contribution in [0.1, 0.15) is 39.8 Å². The zero-order valence-corrected chi connectivity index (χ0v) is 17.2. The lowest BCUT2D eigenvalue weighted by Crippen LogP contribution is -2.05. The van der Waals surface area contributed by atoms with Gasteiger partial charge in [0.25, 0.3) is 0 Å². The average Bonchev–Trinajstić information content (AvgIpc) is 2.97. The molecule has 28 heavy (non-hydrogen) atoms. The van der Waals surface area contributed by atoms with E-state index < -0.39 is 0 Å². The Bertz CT molecular complexity index is 1030. The van der Waals surface area contributed by atoms with E-state index in [0.717, 1.165) is 33.9 Å². The van der Waals surface area contributed by atoms with E-state index in [1.807, 2.05) is 50.4 Å². The van der Waals surface area contributed by atoms with E-state index in [9.17, 15) is 4.79 Å². The molecule has 3 aromatic rings. The number of benzene rings is 2. The molecule has 5 heteroatoms. The van der Waals surface area contributed by atoms with Gasteiger partial charge in [-0.2, -0.15) is 0 Å². The van der Waals surface area contributed by atoms with Crippen molar-refractivity contribution in [2.24, 2.45) is 4.99 Å². The standard InChI is InChI=1S/C23H23ClN2O2/c1-5-28-23(27)18-9-11-20(12-10-18)26-15(2)13-19(17(26)4)14-25-22-8-6-7-21(24)16(22)3/h6-14H,5H2,1-4H3. The van der Waals surface area contributed by atoms with Crippen LogP contribution in [-0.2, 0) is 4.74 Å². The molecule has 0 saturated carbocycles. The topological polar surface area (TPSA) is 43.6 Å². The minimum absolute atomic E-state index is 0.306. The Labute approximate surface area is 170 Å². The van der Waals surface area contributed by atoms with Gasteiger partial charge >= 0.3 is 5.97 Å². The second-order valence-electron chi connectivity index (χ2n) is 6.57. The summed E-state index contributed by atoms with van der Waals surface area (Å²) < 4.78 is 7.18. The number of carbonyl (C=O) groups excluding carboxylic acids is 1. The highest BCUT2D eigenvalue weighted by atomic mass is 35.5. The number of aromatic nitrogens is 1. The third-order valence-electron chi connectivity index (χ3n) is 4.69. The highest BCUT2D eigenvalue weighted by Gasteiger charge is 2.11. The molecule has 0 amide bonds. The number of aryl methyl sites for hydroxylation is 1. The summed E-state index contributed by atoms with van der Waals surface area (Å²) in [6.07, 6.45) is 1.87. The molecule has 144 valence electrons. The van der Waals surface area contributed by atoms with E-state index in [0.29, 0.717) is 17.2 Å². The lowest BCUT2D eigenvalue weighted by atomic mass is 10.2. The summed E-state index contributed by atoms with van der Waals surface area (Å²) in [6, 6.07) is 15.2. The van der Waals surface area contributed by atoms with Crippen molar-refractivity contribution in [3.63, 3.8) is 0 Å². The summed E-state index contributed by atoms with van der Waals surface area (Å²) >= 11 is 6.18. The van der Waals surface area contributed by atoms with Crippen LogP contribution in [0.25, 0.3) is 5.69 Å². The van der Waals surface area contributed by atoms with Gasteiger partial charge in [0.15, 0.2) is 0 Å². The Morgan fingerprint density at radius 1 is 1.14 bits per heavy atom. The van der Waals surface area contributed by atoms with Crippen LogP contribution in [0.3, 0.4) is 0 Å². The van der Waals surface area contributed by atoms with Gasteiger partial charge in [-0.1, -0.05) is 17.7 Å². The molecule has 0 aliphatic heterocycles. The first-order chi connectivity index (χ1) is 13.4. The molecule has 1 aromatic heterocycles. The molecule has 1 heterocycles. The molecule has 0 saturated heterocycles. The van der Waals surface area contributed by atoms with Crippen molar-refractivity contribution in [3.8, 4) is 5.69 Å². The predicted molar refractivity (Wildman–Crippen MR) is 115 cm³/mol. The van der Waals surface area contributed by atoms with Gasteiger partial charge in [0.2, 0.25) is 0 Å². The van der Waals surface area contributed by atoms with Crippen molar-refractivity contribution in [3.05, 3.63) is 81.6 Å². The van der Waals surface area contributed by atoms with Crippen LogP contribution < -0.4 is 0 Å². The Morgan fingerprint density at radius 2 is 1.86 bits per heavy atom. The molecule has 0 aliphatic rings. The normalized spacial score (nSPS) is 11.2. The summed E-state index contributed by atoms with van der Waals surface area (Å²) in [7, 11) is 0. The van der Waals surface area contributed by atoms with Crippen molar-refractivity contribution in [1.29, 1.82) is 0 Å². The van der Waals surface area contributed by atoms with Crippen LogP contribution in [0.15, 0.2) is 53.5 Å². The second-order valence-corrected chi connectivity index (χ2v) is 6.98. The monoisotopic (exact) mass is 394 g/mol. The molecule has 0 spiro atoms. The zero-order chi connectivity index (χ0) is 20.3. The Hall–Kier alpha value is -2.85. The van der Waals surface area contributed by atoms with E-state index in [1.54, 1.807) is 19.1 Å². The predicted octanol–water partition coefficient (Wildman–Crippen LogP) is 5.98. The van der Waals surface area contributed by atoms with Crippen LogP contribution >= 0.6 is 11.6 Å². The van der Waals surface area contributed by atoms with Crippen molar-refractivity contribution in [2.45, 2.75) is 27.7 Å². The fourth-order valence-electron chi connectivity index (χ4n) is 3.15. The van der Waals surface area contributed by atoms with E-state index in [1.165, 1.54) is 0 Å². The van der Waals surface area contributed by atoms with Crippen LogP contribution in [0.5, 0.6) is 0 Å². The molecular formula is C23H23ClN2O2. The first kappa shape index (κ1) is 19.9. The molecule has 0 bridgehead atoms. The summed E-state index contributed by atoms with van der Waals surface area (Å²) in [5.74, 6) is -0.306. The third-order valence-corrected chi connectivity index (χ3v) is 5.10. The first-order valence-corrected chi connectivity index (χ1v) is 9.56. The average molecular weight is 395 g/mol. The van der Waals surface area contributed by atoms with Crippen molar-refractivity contribution >= 4 is 29.5 Å². The fraction of sp³-hybridized carbons (Fsp3) is 0.217. The molecule has 0 fully saturated rings.